The number of benzene rings is 1. The van der Waals surface area contributed by atoms with Gasteiger partial charge in [-0.1, -0.05) is 30.3 Å². The molecule has 0 saturated carbocycles. The highest BCUT2D eigenvalue weighted by Gasteiger charge is 2.30. The summed E-state index contributed by atoms with van der Waals surface area (Å²) in [5, 5.41) is 3.04. The fourth-order valence-corrected chi connectivity index (χ4v) is 3.55. The van der Waals surface area contributed by atoms with Gasteiger partial charge in [-0.3, -0.25) is 14.5 Å². The summed E-state index contributed by atoms with van der Waals surface area (Å²) in [7, 11) is 0. The van der Waals surface area contributed by atoms with Crippen molar-refractivity contribution in [2.24, 2.45) is 5.92 Å². The van der Waals surface area contributed by atoms with E-state index in [9.17, 15) is 9.59 Å². The van der Waals surface area contributed by atoms with E-state index in [0.717, 1.165) is 39.3 Å². The van der Waals surface area contributed by atoms with Crippen LogP contribution in [0.15, 0.2) is 30.3 Å². The molecule has 6 heteroatoms. The maximum atomic E-state index is 12.5. The van der Waals surface area contributed by atoms with Gasteiger partial charge in [-0.2, -0.15) is 0 Å². The van der Waals surface area contributed by atoms with E-state index in [1.54, 1.807) is 0 Å². The summed E-state index contributed by atoms with van der Waals surface area (Å²) < 4.78 is 5.36. The van der Waals surface area contributed by atoms with Crippen molar-refractivity contribution in [3.05, 3.63) is 35.9 Å². The number of piperidine rings is 1. The average Bonchev–Trinajstić information content (AvgIpc) is 2.69. The molecule has 0 aliphatic carbocycles. The van der Waals surface area contributed by atoms with Crippen LogP contribution in [0.4, 0.5) is 0 Å². The van der Waals surface area contributed by atoms with Gasteiger partial charge in [-0.15, -0.1) is 0 Å². The second kappa shape index (κ2) is 9.69. The first kappa shape index (κ1) is 18.9. The van der Waals surface area contributed by atoms with Crippen LogP contribution < -0.4 is 5.32 Å². The number of morpholine rings is 1. The van der Waals surface area contributed by atoms with Gasteiger partial charge < -0.3 is 15.0 Å². The van der Waals surface area contributed by atoms with Crippen molar-refractivity contribution in [1.29, 1.82) is 0 Å². The van der Waals surface area contributed by atoms with Gasteiger partial charge in [0.05, 0.1) is 19.1 Å². The molecule has 0 spiro atoms. The van der Waals surface area contributed by atoms with Crippen LogP contribution in [-0.4, -0.2) is 74.1 Å². The van der Waals surface area contributed by atoms with Gasteiger partial charge in [0.15, 0.2) is 0 Å². The van der Waals surface area contributed by atoms with Crippen LogP contribution in [0, 0.1) is 5.92 Å². The van der Waals surface area contributed by atoms with E-state index in [1.807, 2.05) is 23.1 Å². The van der Waals surface area contributed by atoms with E-state index in [1.165, 1.54) is 5.56 Å². The van der Waals surface area contributed by atoms with Crippen molar-refractivity contribution in [2.75, 3.05) is 52.5 Å². The third kappa shape index (κ3) is 5.54. The molecule has 0 aromatic heterocycles. The molecule has 142 valence electrons. The first-order valence-electron chi connectivity index (χ1n) is 9.62. The molecule has 1 aromatic rings. The lowest BCUT2D eigenvalue weighted by Crippen LogP contribution is -2.49. The van der Waals surface area contributed by atoms with E-state index < -0.39 is 0 Å². The molecule has 3 rings (SSSR count). The molecule has 2 fully saturated rings. The lowest BCUT2D eigenvalue weighted by atomic mass is 9.96. The molecule has 1 aromatic carbocycles. The molecule has 2 amide bonds. The highest BCUT2D eigenvalue weighted by Crippen LogP contribution is 2.18. The number of hydrogen-bond donors (Lipinski definition) is 1. The van der Waals surface area contributed by atoms with Gasteiger partial charge >= 0.3 is 0 Å². The third-order valence-electron chi connectivity index (χ3n) is 5.22. The Balaban J connectivity index is 1.41. The zero-order valence-corrected chi connectivity index (χ0v) is 15.4. The summed E-state index contributed by atoms with van der Waals surface area (Å²) in [5.74, 6) is 0.157. The zero-order chi connectivity index (χ0) is 18.2. The van der Waals surface area contributed by atoms with E-state index in [-0.39, 0.29) is 17.7 Å². The summed E-state index contributed by atoms with van der Waals surface area (Å²) in [4.78, 5) is 28.8. The smallest absolute Gasteiger partial charge is 0.224 e. The average molecular weight is 359 g/mol. The molecule has 0 bridgehead atoms. The Morgan fingerprint density at radius 2 is 1.92 bits per heavy atom. The van der Waals surface area contributed by atoms with E-state index in [2.05, 4.69) is 22.3 Å². The molecule has 2 saturated heterocycles. The molecular weight excluding hydrogens is 330 g/mol. The summed E-state index contributed by atoms with van der Waals surface area (Å²) >= 11 is 0. The minimum absolute atomic E-state index is 0.0739. The predicted octanol–water partition coefficient (Wildman–Crippen LogP) is 0.916. The minimum atomic E-state index is -0.0897. The number of likely N-dealkylation sites (tertiary alicyclic amines) is 1. The summed E-state index contributed by atoms with van der Waals surface area (Å²) in [5.41, 5.74) is 1.22. The standard InChI is InChI=1S/C20H29N3O3/c24-19-7-6-18(16-23(19)11-10-22-12-14-26-15-13-22)20(25)21-9-8-17-4-2-1-3-5-17/h1-5,18H,6-16H2,(H,21,25)/t18-/m1/s1. The number of nitrogens with zero attached hydrogens (tertiary/aromatic N) is 2. The predicted molar refractivity (Wildman–Crippen MR) is 99.7 cm³/mol. The molecule has 0 radical (unpaired) electrons. The van der Waals surface area contributed by atoms with Gasteiger partial charge in [0.1, 0.15) is 0 Å². The summed E-state index contributed by atoms with van der Waals surface area (Å²) in [6.45, 7) is 6.11. The first-order chi connectivity index (χ1) is 12.7. The molecule has 0 unspecified atom stereocenters. The Hall–Kier alpha value is -1.92. The Morgan fingerprint density at radius 1 is 1.15 bits per heavy atom. The summed E-state index contributed by atoms with van der Waals surface area (Å²) in [6.07, 6.45) is 1.96. The van der Waals surface area contributed by atoms with Crippen molar-refractivity contribution in [3.63, 3.8) is 0 Å². The van der Waals surface area contributed by atoms with Gasteiger partial charge in [0, 0.05) is 45.7 Å². The van der Waals surface area contributed by atoms with E-state index in [0.29, 0.717) is 32.5 Å². The maximum absolute atomic E-state index is 12.5. The van der Waals surface area contributed by atoms with Crippen molar-refractivity contribution in [2.45, 2.75) is 19.3 Å². The number of nitrogens with one attached hydrogen (secondary N) is 1. The second-order valence-electron chi connectivity index (χ2n) is 7.06. The molecular formula is C20H29N3O3. The molecule has 26 heavy (non-hydrogen) atoms. The van der Waals surface area contributed by atoms with Gasteiger partial charge in [0.25, 0.3) is 0 Å². The molecule has 6 nitrogen and oxygen atoms in total. The second-order valence-corrected chi connectivity index (χ2v) is 7.06. The van der Waals surface area contributed by atoms with Crippen LogP contribution in [0.25, 0.3) is 0 Å². The van der Waals surface area contributed by atoms with Gasteiger partial charge in [-0.25, -0.2) is 0 Å². The Labute approximate surface area is 155 Å². The molecule has 2 heterocycles. The highest BCUT2D eigenvalue weighted by atomic mass is 16.5. The maximum Gasteiger partial charge on any atom is 0.224 e. The van der Waals surface area contributed by atoms with Crippen molar-refractivity contribution < 1.29 is 14.3 Å². The van der Waals surface area contributed by atoms with Crippen molar-refractivity contribution >= 4 is 11.8 Å². The molecule has 2 aliphatic heterocycles. The van der Waals surface area contributed by atoms with Crippen LogP contribution >= 0.6 is 0 Å². The van der Waals surface area contributed by atoms with E-state index in [4.69, 9.17) is 4.74 Å². The normalized spacial score (nSPS) is 21.6. The summed E-state index contributed by atoms with van der Waals surface area (Å²) in [6, 6.07) is 10.1. The lowest BCUT2D eigenvalue weighted by molar-refractivity contribution is -0.138. The fraction of sp³-hybridized carbons (Fsp3) is 0.600. The number of carbonyl (C=O) groups excluding carboxylic acids is 2. The fourth-order valence-electron chi connectivity index (χ4n) is 3.55. The number of amides is 2. The molecule has 2 aliphatic rings. The Kier molecular flexibility index (Phi) is 7.03. The monoisotopic (exact) mass is 359 g/mol. The number of hydrogen-bond acceptors (Lipinski definition) is 4. The molecule has 1 atom stereocenters. The topological polar surface area (TPSA) is 61.9 Å². The number of rotatable bonds is 7. The van der Waals surface area contributed by atoms with Crippen molar-refractivity contribution in [3.8, 4) is 0 Å². The largest absolute Gasteiger partial charge is 0.379 e. The third-order valence-corrected chi connectivity index (χ3v) is 5.22. The number of ether oxygens (including phenoxy) is 1. The first-order valence-corrected chi connectivity index (χ1v) is 9.62. The SMILES string of the molecule is O=C(NCCc1ccccc1)[C@@H]1CCC(=O)N(CCN2CCOCC2)C1. The van der Waals surface area contributed by atoms with Gasteiger partial charge in [0.2, 0.25) is 11.8 Å². The zero-order valence-electron chi connectivity index (χ0n) is 15.4. The van der Waals surface area contributed by atoms with Crippen LogP contribution in [0.2, 0.25) is 0 Å². The molecule has 1 N–H and O–H groups in total. The van der Waals surface area contributed by atoms with Crippen LogP contribution in [-0.2, 0) is 20.7 Å². The van der Waals surface area contributed by atoms with Crippen molar-refractivity contribution in [1.82, 2.24) is 15.1 Å². The van der Waals surface area contributed by atoms with Crippen LogP contribution in [0.1, 0.15) is 18.4 Å². The van der Waals surface area contributed by atoms with Crippen LogP contribution in [0.5, 0.6) is 0 Å². The quantitative estimate of drug-likeness (QED) is 0.786. The van der Waals surface area contributed by atoms with Gasteiger partial charge in [-0.05, 0) is 18.4 Å². The van der Waals surface area contributed by atoms with E-state index >= 15 is 0 Å². The van der Waals surface area contributed by atoms with Crippen LogP contribution in [0.3, 0.4) is 0 Å². The Bertz CT molecular complexity index is 587. The highest BCUT2D eigenvalue weighted by molar-refractivity contribution is 5.83. The lowest BCUT2D eigenvalue weighted by Gasteiger charge is -2.34. The Morgan fingerprint density at radius 3 is 2.69 bits per heavy atom. The minimum Gasteiger partial charge on any atom is -0.379 e. The number of carbonyl (C=O) groups is 2.